The van der Waals surface area contributed by atoms with Gasteiger partial charge in [0.05, 0.1) is 10.5 Å². The SMILES string of the molecule is O=C(Cl)c1cc(S(=O)(=O)N2CCCCC2)ccc1F. The molecule has 19 heavy (non-hydrogen) atoms. The molecular weight excluding hydrogens is 293 g/mol. The van der Waals surface area contributed by atoms with Crippen LogP contribution in [0.2, 0.25) is 0 Å². The Morgan fingerprint density at radius 3 is 2.42 bits per heavy atom. The van der Waals surface area contributed by atoms with Crippen molar-refractivity contribution in [3.8, 4) is 0 Å². The zero-order chi connectivity index (χ0) is 14.0. The van der Waals surface area contributed by atoms with Crippen molar-refractivity contribution in [2.75, 3.05) is 13.1 Å². The van der Waals surface area contributed by atoms with Crippen molar-refractivity contribution in [2.45, 2.75) is 24.2 Å². The molecule has 0 saturated carbocycles. The molecule has 0 aromatic heterocycles. The number of hydrogen-bond donors (Lipinski definition) is 0. The van der Waals surface area contributed by atoms with Crippen LogP contribution in [-0.4, -0.2) is 31.1 Å². The number of sulfonamides is 1. The van der Waals surface area contributed by atoms with Crippen LogP contribution in [0.5, 0.6) is 0 Å². The van der Waals surface area contributed by atoms with Crippen LogP contribution in [0.15, 0.2) is 23.1 Å². The summed E-state index contributed by atoms with van der Waals surface area (Å²) in [4.78, 5) is 10.9. The van der Waals surface area contributed by atoms with Gasteiger partial charge in [0.1, 0.15) is 5.82 Å². The zero-order valence-electron chi connectivity index (χ0n) is 10.1. The molecule has 0 spiro atoms. The van der Waals surface area contributed by atoms with E-state index in [9.17, 15) is 17.6 Å². The second-order valence-electron chi connectivity index (χ2n) is 4.38. The summed E-state index contributed by atoms with van der Waals surface area (Å²) in [5, 5.41) is -1.01. The second kappa shape index (κ2) is 5.56. The standard InChI is InChI=1S/C12H13ClFNO3S/c13-12(16)10-8-9(4-5-11(10)14)19(17,18)15-6-2-1-3-7-15/h4-5,8H,1-3,6-7H2. The van der Waals surface area contributed by atoms with Crippen molar-refractivity contribution in [3.63, 3.8) is 0 Å². The van der Waals surface area contributed by atoms with Gasteiger partial charge in [0.25, 0.3) is 5.24 Å². The van der Waals surface area contributed by atoms with E-state index in [0.717, 1.165) is 37.5 Å². The van der Waals surface area contributed by atoms with Gasteiger partial charge in [-0.3, -0.25) is 4.79 Å². The van der Waals surface area contributed by atoms with Crippen LogP contribution in [0.3, 0.4) is 0 Å². The van der Waals surface area contributed by atoms with E-state index in [0.29, 0.717) is 13.1 Å². The Bertz CT molecular complexity index is 597. The fourth-order valence-electron chi connectivity index (χ4n) is 2.07. The van der Waals surface area contributed by atoms with E-state index in [4.69, 9.17) is 11.6 Å². The molecule has 0 atom stereocenters. The van der Waals surface area contributed by atoms with Gasteiger partial charge in [0, 0.05) is 13.1 Å². The van der Waals surface area contributed by atoms with Gasteiger partial charge < -0.3 is 0 Å². The van der Waals surface area contributed by atoms with Crippen molar-refractivity contribution in [2.24, 2.45) is 0 Å². The maximum atomic E-state index is 13.3. The number of carbonyl (C=O) groups is 1. The maximum absolute atomic E-state index is 13.3. The fourth-order valence-corrected chi connectivity index (χ4v) is 3.76. The molecule has 1 saturated heterocycles. The quantitative estimate of drug-likeness (QED) is 0.806. The third-order valence-electron chi connectivity index (χ3n) is 3.10. The summed E-state index contributed by atoms with van der Waals surface area (Å²) < 4.78 is 39.3. The van der Waals surface area contributed by atoms with E-state index >= 15 is 0 Å². The van der Waals surface area contributed by atoms with Crippen molar-refractivity contribution in [1.29, 1.82) is 0 Å². The first-order valence-corrected chi connectivity index (χ1v) is 7.74. The van der Waals surface area contributed by atoms with Gasteiger partial charge in [-0.1, -0.05) is 6.42 Å². The molecule has 0 N–H and O–H groups in total. The molecule has 7 heteroatoms. The first-order chi connectivity index (χ1) is 8.93. The van der Waals surface area contributed by atoms with E-state index in [2.05, 4.69) is 0 Å². The summed E-state index contributed by atoms with van der Waals surface area (Å²) >= 11 is 5.23. The average Bonchev–Trinajstić information content (AvgIpc) is 2.39. The minimum absolute atomic E-state index is 0.0974. The normalized spacial score (nSPS) is 17.4. The van der Waals surface area contributed by atoms with E-state index in [1.807, 2.05) is 0 Å². The van der Waals surface area contributed by atoms with Crippen molar-refractivity contribution in [1.82, 2.24) is 4.31 Å². The van der Waals surface area contributed by atoms with Crippen LogP contribution in [-0.2, 0) is 10.0 Å². The van der Waals surface area contributed by atoms with Gasteiger partial charge in [-0.2, -0.15) is 4.31 Å². The highest BCUT2D eigenvalue weighted by Crippen LogP contribution is 2.23. The number of halogens is 2. The molecule has 1 aliphatic heterocycles. The molecule has 1 aromatic rings. The molecular formula is C12H13ClFNO3S. The van der Waals surface area contributed by atoms with Crippen LogP contribution in [0.1, 0.15) is 29.6 Å². The summed E-state index contributed by atoms with van der Waals surface area (Å²) in [6.45, 7) is 0.897. The van der Waals surface area contributed by atoms with Crippen molar-refractivity contribution < 1.29 is 17.6 Å². The smallest absolute Gasteiger partial charge is 0.255 e. The molecule has 0 unspecified atom stereocenters. The molecule has 0 aliphatic carbocycles. The van der Waals surface area contributed by atoms with E-state index in [-0.39, 0.29) is 4.90 Å². The van der Waals surface area contributed by atoms with Gasteiger partial charge in [0.15, 0.2) is 0 Å². The Hall–Kier alpha value is -0.980. The summed E-state index contributed by atoms with van der Waals surface area (Å²) in [6.07, 6.45) is 2.62. The Morgan fingerprint density at radius 1 is 1.21 bits per heavy atom. The number of piperidine rings is 1. The summed E-state index contributed by atoms with van der Waals surface area (Å²) in [5.74, 6) is -0.822. The third kappa shape index (κ3) is 2.96. The molecule has 1 fully saturated rings. The van der Waals surface area contributed by atoms with Crippen LogP contribution in [0, 0.1) is 5.82 Å². The summed E-state index contributed by atoms with van der Waals surface area (Å²) in [7, 11) is -3.68. The zero-order valence-corrected chi connectivity index (χ0v) is 11.7. The van der Waals surface area contributed by atoms with Gasteiger partial charge in [0.2, 0.25) is 10.0 Å². The highest BCUT2D eigenvalue weighted by molar-refractivity contribution is 7.89. The molecule has 1 aromatic carbocycles. The van der Waals surface area contributed by atoms with Crippen LogP contribution < -0.4 is 0 Å². The molecule has 0 amide bonds. The largest absolute Gasteiger partial charge is 0.275 e. The highest BCUT2D eigenvalue weighted by Gasteiger charge is 2.27. The molecule has 4 nitrogen and oxygen atoms in total. The lowest BCUT2D eigenvalue weighted by molar-refractivity contribution is 0.107. The third-order valence-corrected chi connectivity index (χ3v) is 5.20. The Morgan fingerprint density at radius 2 is 1.84 bits per heavy atom. The van der Waals surface area contributed by atoms with Gasteiger partial charge >= 0.3 is 0 Å². The predicted molar refractivity (Wildman–Crippen MR) is 69.2 cm³/mol. The van der Waals surface area contributed by atoms with Crippen LogP contribution in [0.25, 0.3) is 0 Å². The van der Waals surface area contributed by atoms with E-state index < -0.39 is 26.6 Å². The second-order valence-corrected chi connectivity index (χ2v) is 6.66. The monoisotopic (exact) mass is 305 g/mol. The number of rotatable bonds is 3. The Labute approximate surface area is 116 Å². The van der Waals surface area contributed by atoms with Gasteiger partial charge in [-0.25, -0.2) is 12.8 Å². The van der Waals surface area contributed by atoms with E-state index in [1.165, 1.54) is 4.31 Å². The summed E-state index contributed by atoms with van der Waals surface area (Å²) in [6, 6.07) is 3.10. The van der Waals surface area contributed by atoms with Crippen molar-refractivity contribution in [3.05, 3.63) is 29.6 Å². The minimum atomic E-state index is -3.68. The van der Waals surface area contributed by atoms with Crippen LogP contribution in [0.4, 0.5) is 4.39 Å². The highest BCUT2D eigenvalue weighted by atomic mass is 35.5. The molecule has 1 aliphatic rings. The van der Waals surface area contributed by atoms with Gasteiger partial charge in [-0.15, -0.1) is 0 Å². The molecule has 104 valence electrons. The fraction of sp³-hybridized carbons (Fsp3) is 0.417. The number of hydrogen-bond acceptors (Lipinski definition) is 3. The van der Waals surface area contributed by atoms with E-state index in [1.54, 1.807) is 0 Å². The average molecular weight is 306 g/mol. The number of carbonyl (C=O) groups excluding carboxylic acids is 1. The molecule has 0 bridgehead atoms. The molecule has 0 radical (unpaired) electrons. The van der Waals surface area contributed by atoms with Gasteiger partial charge in [-0.05, 0) is 42.6 Å². The number of nitrogens with zero attached hydrogens (tertiary/aromatic N) is 1. The topological polar surface area (TPSA) is 54.5 Å². The van der Waals surface area contributed by atoms with Crippen molar-refractivity contribution >= 4 is 26.9 Å². The summed E-state index contributed by atoms with van der Waals surface area (Å²) in [5.41, 5.74) is -0.417. The molecule has 2 rings (SSSR count). The first kappa shape index (κ1) is 14.4. The lowest BCUT2D eigenvalue weighted by Gasteiger charge is -2.25. The predicted octanol–water partition coefficient (Wildman–Crippen LogP) is 2.38. The maximum Gasteiger partial charge on any atom is 0.255 e. The number of benzene rings is 1. The lowest BCUT2D eigenvalue weighted by Crippen LogP contribution is -2.35. The first-order valence-electron chi connectivity index (χ1n) is 5.92. The Kier molecular flexibility index (Phi) is 4.23. The Balaban J connectivity index is 2.40. The minimum Gasteiger partial charge on any atom is -0.275 e. The lowest BCUT2D eigenvalue weighted by atomic mass is 10.2. The van der Waals surface area contributed by atoms with Crippen LogP contribution >= 0.6 is 11.6 Å². The molecule has 1 heterocycles.